The van der Waals surface area contributed by atoms with Gasteiger partial charge in [0.15, 0.2) is 17.3 Å². The first-order chi connectivity index (χ1) is 9.52. The van der Waals surface area contributed by atoms with Crippen LogP contribution in [-0.4, -0.2) is 12.9 Å². The van der Waals surface area contributed by atoms with Crippen molar-refractivity contribution in [1.82, 2.24) is 0 Å². The Kier molecular flexibility index (Phi) is 4.78. The fourth-order valence-corrected chi connectivity index (χ4v) is 2.61. The molecule has 0 aliphatic heterocycles. The van der Waals surface area contributed by atoms with Crippen LogP contribution < -0.4 is 4.74 Å². The molecule has 2 aromatic carbocycles. The molecule has 0 saturated heterocycles. The van der Waals surface area contributed by atoms with Gasteiger partial charge < -0.3 is 4.74 Å². The highest BCUT2D eigenvalue weighted by molar-refractivity contribution is 9.10. The van der Waals surface area contributed by atoms with Crippen LogP contribution in [0.15, 0.2) is 40.9 Å². The molecule has 0 amide bonds. The lowest BCUT2D eigenvalue weighted by atomic mass is 10.0. The molecule has 0 N–H and O–H groups in total. The second kappa shape index (κ2) is 6.37. The molecule has 2 aromatic rings. The summed E-state index contributed by atoms with van der Waals surface area (Å²) in [7, 11) is 1.38. The highest BCUT2D eigenvalue weighted by Gasteiger charge is 2.15. The number of halogens is 3. The Morgan fingerprint density at radius 1 is 1.35 bits per heavy atom. The Bertz CT molecular complexity index is 658. The van der Waals surface area contributed by atoms with Gasteiger partial charge in [-0.25, -0.2) is 4.39 Å². The number of carbonyl (C=O) groups excluding carboxylic acids is 1. The Labute approximate surface area is 129 Å². The van der Waals surface area contributed by atoms with E-state index in [-0.39, 0.29) is 23.5 Å². The van der Waals surface area contributed by atoms with E-state index in [0.29, 0.717) is 10.6 Å². The van der Waals surface area contributed by atoms with Crippen molar-refractivity contribution in [2.45, 2.75) is 6.42 Å². The van der Waals surface area contributed by atoms with Crippen LogP contribution in [-0.2, 0) is 6.42 Å². The van der Waals surface area contributed by atoms with Gasteiger partial charge in [-0.05, 0) is 29.8 Å². The van der Waals surface area contributed by atoms with Crippen LogP contribution in [0.3, 0.4) is 0 Å². The predicted octanol–water partition coefficient (Wildman–Crippen LogP) is 4.68. The number of benzene rings is 2. The van der Waals surface area contributed by atoms with Crippen LogP contribution in [0.1, 0.15) is 15.9 Å². The van der Waals surface area contributed by atoms with Crippen LogP contribution in [0.5, 0.6) is 5.75 Å². The normalized spacial score (nSPS) is 10.4. The van der Waals surface area contributed by atoms with E-state index in [4.69, 9.17) is 16.3 Å². The van der Waals surface area contributed by atoms with E-state index in [2.05, 4.69) is 15.9 Å². The first kappa shape index (κ1) is 15.0. The number of Topliss-reactive ketones (excluding diaryl/α,β-unsaturated/α-hetero) is 1. The van der Waals surface area contributed by atoms with Gasteiger partial charge in [0, 0.05) is 16.5 Å². The Morgan fingerprint density at radius 3 is 2.75 bits per heavy atom. The molecule has 0 saturated carbocycles. The maximum Gasteiger partial charge on any atom is 0.168 e. The fourth-order valence-electron chi connectivity index (χ4n) is 1.83. The van der Waals surface area contributed by atoms with Crippen LogP contribution in [0.25, 0.3) is 0 Å². The monoisotopic (exact) mass is 356 g/mol. The summed E-state index contributed by atoms with van der Waals surface area (Å²) in [6.07, 6.45) is -0.0651. The molecule has 0 aromatic heterocycles. The second-order valence-corrected chi connectivity index (χ2v) is 5.48. The van der Waals surface area contributed by atoms with Gasteiger partial charge in [-0.15, -0.1) is 0 Å². The topological polar surface area (TPSA) is 26.3 Å². The number of ketones is 1. The SMILES string of the molecule is COc1cccc(CC(=O)c2ccc(Br)cc2Cl)c1F. The summed E-state index contributed by atoms with van der Waals surface area (Å²) in [5.74, 6) is -0.636. The van der Waals surface area contributed by atoms with Crippen molar-refractivity contribution < 1.29 is 13.9 Å². The average molecular weight is 358 g/mol. The molecule has 0 aliphatic rings. The number of carbonyl (C=O) groups is 1. The molecule has 2 nitrogen and oxygen atoms in total. The molecular weight excluding hydrogens is 347 g/mol. The maximum atomic E-state index is 14.0. The zero-order valence-corrected chi connectivity index (χ0v) is 13.0. The first-order valence-electron chi connectivity index (χ1n) is 5.82. The molecule has 0 bridgehead atoms. The lowest BCUT2D eigenvalue weighted by Gasteiger charge is -2.08. The molecule has 2 rings (SSSR count). The number of methoxy groups -OCH3 is 1. The van der Waals surface area contributed by atoms with Crippen molar-refractivity contribution in [2.75, 3.05) is 7.11 Å². The van der Waals surface area contributed by atoms with Crippen LogP contribution >= 0.6 is 27.5 Å². The zero-order valence-electron chi connectivity index (χ0n) is 10.6. The molecule has 0 heterocycles. The van der Waals surface area contributed by atoms with Crippen molar-refractivity contribution >= 4 is 33.3 Å². The third-order valence-corrected chi connectivity index (χ3v) is 3.65. The van der Waals surface area contributed by atoms with E-state index in [1.807, 2.05) is 0 Å². The summed E-state index contributed by atoms with van der Waals surface area (Å²) < 4.78 is 19.7. The van der Waals surface area contributed by atoms with Crippen LogP contribution in [0.2, 0.25) is 5.02 Å². The minimum Gasteiger partial charge on any atom is -0.494 e. The molecule has 0 unspecified atom stereocenters. The van der Waals surface area contributed by atoms with E-state index in [1.165, 1.54) is 13.2 Å². The summed E-state index contributed by atoms with van der Waals surface area (Å²) in [5, 5.41) is 0.340. The lowest BCUT2D eigenvalue weighted by Crippen LogP contribution is -2.06. The van der Waals surface area contributed by atoms with E-state index >= 15 is 0 Å². The fraction of sp³-hybridized carbons (Fsp3) is 0.133. The first-order valence-corrected chi connectivity index (χ1v) is 6.99. The van der Waals surface area contributed by atoms with E-state index in [1.54, 1.807) is 30.3 Å². The lowest BCUT2D eigenvalue weighted by molar-refractivity contribution is 0.0992. The quantitative estimate of drug-likeness (QED) is 0.743. The molecule has 0 spiro atoms. The van der Waals surface area contributed by atoms with E-state index in [9.17, 15) is 9.18 Å². The molecule has 104 valence electrons. The van der Waals surface area contributed by atoms with Crippen molar-refractivity contribution in [1.29, 1.82) is 0 Å². The summed E-state index contributed by atoms with van der Waals surface area (Å²) in [6.45, 7) is 0. The molecule has 0 radical (unpaired) electrons. The van der Waals surface area contributed by atoms with Gasteiger partial charge in [0.1, 0.15) is 0 Å². The highest BCUT2D eigenvalue weighted by Crippen LogP contribution is 2.25. The largest absolute Gasteiger partial charge is 0.494 e. The molecule has 20 heavy (non-hydrogen) atoms. The predicted molar refractivity (Wildman–Crippen MR) is 80.1 cm³/mol. The number of ether oxygens (including phenoxy) is 1. The van der Waals surface area contributed by atoms with Crippen molar-refractivity contribution in [3.05, 3.63) is 62.8 Å². The van der Waals surface area contributed by atoms with Gasteiger partial charge >= 0.3 is 0 Å². The van der Waals surface area contributed by atoms with Crippen molar-refractivity contribution in [3.8, 4) is 5.75 Å². The van der Waals surface area contributed by atoms with Gasteiger partial charge in [-0.2, -0.15) is 0 Å². The number of rotatable bonds is 4. The summed E-state index contributed by atoms with van der Waals surface area (Å²) in [4.78, 5) is 12.2. The van der Waals surface area contributed by atoms with E-state index < -0.39 is 5.82 Å². The summed E-state index contributed by atoms with van der Waals surface area (Å²) >= 11 is 9.29. The van der Waals surface area contributed by atoms with E-state index in [0.717, 1.165) is 4.47 Å². The number of hydrogen-bond donors (Lipinski definition) is 0. The van der Waals surface area contributed by atoms with Crippen LogP contribution in [0.4, 0.5) is 4.39 Å². The standard InChI is InChI=1S/C15H11BrClFO2/c1-20-14-4-2-3-9(15(14)18)7-13(19)11-6-5-10(16)8-12(11)17/h2-6,8H,7H2,1H3. The Hall–Kier alpha value is -1.39. The summed E-state index contributed by atoms with van der Waals surface area (Å²) in [5.41, 5.74) is 0.658. The molecular formula is C15H11BrClFO2. The van der Waals surface area contributed by atoms with Crippen LogP contribution in [0, 0.1) is 5.82 Å². The minimum absolute atomic E-state index is 0.0651. The van der Waals surface area contributed by atoms with Crippen molar-refractivity contribution in [3.63, 3.8) is 0 Å². The smallest absolute Gasteiger partial charge is 0.168 e. The molecule has 0 aliphatic carbocycles. The molecule has 5 heteroatoms. The van der Waals surface area contributed by atoms with Gasteiger partial charge in [0.25, 0.3) is 0 Å². The van der Waals surface area contributed by atoms with Gasteiger partial charge in [0.05, 0.1) is 12.1 Å². The second-order valence-electron chi connectivity index (χ2n) is 4.16. The third kappa shape index (κ3) is 3.19. The van der Waals surface area contributed by atoms with Gasteiger partial charge in [-0.1, -0.05) is 39.7 Å². The third-order valence-electron chi connectivity index (χ3n) is 2.85. The highest BCUT2D eigenvalue weighted by atomic mass is 79.9. The maximum absolute atomic E-state index is 14.0. The molecule has 0 fully saturated rings. The number of hydrogen-bond acceptors (Lipinski definition) is 2. The Morgan fingerprint density at radius 2 is 2.10 bits per heavy atom. The van der Waals surface area contributed by atoms with Gasteiger partial charge in [-0.3, -0.25) is 4.79 Å². The van der Waals surface area contributed by atoms with Gasteiger partial charge in [0.2, 0.25) is 0 Å². The van der Waals surface area contributed by atoms with Crippen molar-refractivity contribution in [2.24, 2.45) is 0 Å². The summed E-state index contributed by atoms with van der Waals surface area (Å²) in [6, 6.07) is 9.69. The Balaban J connectivity index is 2.28. The average Bonchev–Trinajstić information content (AvgIpc) is 2.41. The minimum atomic E-state index is -0.517. The zero-order chi connectivity index (χ0) is 14.7. The molecule has 0 atom stereocenters.